The number of methoxy groups -OCH3 is 1. The van der Waals surface area contributed by atoms with Crippen molar-refractivity contribution in [3.8, 4) is 5.75 Å². The maximum absolute atomic E-state index is 5.43. The molecule has 0 unspecified atom stereocenters. The molecular formula is C14H16BrN3O. The molecule has 3 rings (SSSR count). The molecule has 0 N–H and O–H groups in total. The minimum Gasteiger partial charge on any atom is -0.496 e. The maximum Gasteiger partial charge on any atom is 0.123 e. The van der Waals surface area contributed by atoms with Crippen LogP contribution in [0.25, 0.3) is 0 Å². The van der Waals surface area contributed by atoms with Crippen molar-refractivity contribution < 1.29 is 4.74 Å². The number of rotatable bonds is 3. The Balaban J connectivity index is 1.77. The van der Waals surface area contributed by atoms with Gasteiger partial charge in [-0.1, -0.05) is 15.9 Å². The smallest absolute Gasteiger partial charge is 0.123 e. The number of nitrogens with zero attached hydrogens (tertiary/aromatic N) is 3. The number of aromatic nitrogens is 2. The van der Waals surface area contributed by atoms with Crippen molar-refractivity contribution >= 4 is 15.9 Å². The first kappa shape index (κ1) is 12.7. The van der Waals surface area contributed by atoms with E-state index in [1.807, 2.05) is 24.5 Å². The highest BCUT2D eigenvalue weighted by atomic mass is 79.9. The third-order valence-corrected chi connectivity index (χ3v) is 3.95. The van der Waals surface area contributed by atoms with Crippen molar-refractivity contribution in [1.82, 2.24) is 14.5 Å². The molecule has 0 spiro atoms. The molecular weight excluding hydrogens is 306 g/mol. The first-order chi connectivity index (χ1) is 9.26. The second kappa shape index (κ2) is 5.35. The summed E-state index contributed by atoms with van der Waals surface area (Å²) in [6.07, 6.45) is 3.92. The van der Waals surface area contributed by atoms with Gasteiger partial charge < -0.3 is 9.30 Å². The van der Waals surface area contributed by atoms with Crippen LogP contribution in [0.5, 0.6) is 5.75 Å². The van der Waals surface area contributed by atoms with Gasteiger partial charge in [-0.2, -0.15) is 0 Å². The molecule has 1 aromatic heterocycles. The molecule has 0 saturated carbocycles. The summed E-state index contributed by atoms with van der Waals surface area (Å²) in [5, 5.41) is 0. The summed E-state index contributed by atoms with van der Waals surface area (Å²) < 4.78 is 8.73. The van der Waals surface area contributed by atoms with Crippen LogP contribution in [0.4, 0.5) is 0 Å². The zero-order valence-corrected chi connectivity index (χ0v) is 12.4. The summed E-state index contributed by atoms with van der Waals surface area (Å²) in [4.78, 5) is 6.79. The standard InChI is InChI=1S/C14H16BrN3O/c1-19-13-3-2-12(15)8-11(13)9-17-6-7-18-5-4-16-14(18)10-17/h2-5,8H,6-7,9-10H2,1H3. The lowest BCUT2D eigenvalue weighted by Crippen LogP contribution is -2.33. The average molecular weight is 322 g/mol. The van der Waals surface area contributed by atoms with Gasteiger partial charge in [0.25, 0.3) is 0 Å². The predicted molar refractivity (Wildman–Crippen MR) is 77.0 cm³/mol. The van der Waals surface area contributed by atoms with Gasteiger partial charge in [0.15, 0.2) is 0 Å². The topological polar surface area (TPSA) is 30.3 Å². The van der Waals surface area contributed by atoms with E-state index in [0.717, 1.165) is 42.2 Å². The zero-order chi connectivity index (χ0) is 13.2. The summed E-state index contributed by atoms with van der Waals surface area (Å²) in [5.41, 5.74) is 1.21. The van der Waals surface area contributed by atoms with Crippen molar-refractivity contribution in [2.45, 2.75) is 19.6 Å². The molecule has 19 heavy (non-hydrogen) atoms. The number of hydrogen-bond acceptors (Lipinski definition) is 3. The normalized spacial score (nSPS) is 15.3. The number of halogens is 1. The van der Waals surface area contributed by atoms with Crippen LogP contribution in [0.2, 0.25) is 0 Å². The fraction of sp³-hybridized carbons (Fsp3) is 0.357. The Hall–Kier alpha value is -1.33. The third kappa shape index (κ3) is 2.67. The Kier molecular flexibility index (Phi) is 3.57. The first-order valence-electron chi connectivity index (χ1n) is 6.31. The fourth-order valence-electron chi connectivity index (χ4n) is 2.47. The molecule has 5 heteroatoms. The summed E-state index contributed by atoms with van der Waals surface area (Å²) in [6, 6.07) is 6.13. The van der Waals surface area contributed by atoms with E-state index in [0.29, 0.717) is 0 Å². The molecule has 0 fully saturated rings. The van der Waals surface area contributed by atoms with Gasteiger partial charge in [-0.3, -0.25) is 4.90 Å². The molecule has 0 aliphatic carbocycles. The highest BCUT2D eigenvalue weighted by Crippen LogP contribution is 2.25. The molecule has 4 nitrogen and oxygen atoms in total. The monoisotopic (exact) mass is 321 g/mol. The van der Waals surface area contributed by atoms with Crippen molar-refractivity contribution in [2.24, 2.45) is 0 Å². The molecule has 0 saturated heterocycles. The molecule has 0 atom stereocenters. The lowest BCUT2D eigenvalue weighted by Gasteiger charge is -2.28. The van der Waals surface area contributed by atoms with Gasteiger partial charge in [0, 0.05) is 42.1 Å². The number of benzene rings is 1. The Labute approximate surface area is 121 Å². The van der Waals surface area contributed by atoms with Gasteiger partial charge in [-0.25, -0.2) is 4.98 Å². The Bertz CT molecular complexity index is 582. The molecule has 2 heterocycles. The fourth-order valence-corrected chi connectivity index (χ4v) is 2.88. The van der Waals surface area contributed by atoms with Crippen LogP contribution in [0.15, 0.2) is 35.1 Å². The van der Waals surface area contributed by atoms with E-state index in [1.54, 1.807) is 7.11 Å². The van der Waals surface area contributed by atoms with E-state index in [9.17, 15) is 0 Å². The van der Waals surface area contributed by atoms with Gasteiger partial charge in [-0.05, 0) is 18.2 Å². The summed E-state index contributed by atoms with van der Waals surface area (Å²) in [6.45, 7) is 3.82. The second-order valence-corrected chi connectivity index (χ2v) is 5.62. The van der Waals surface area contributed by atoms with Gasteiger partial charge in [0.2, 0.25) is 0 Å². The van der Waals surface area contributed by atoms with E-state index in [-0.39, 0.29) is 0 Å². The molecule has 1 aliphatic heterocycles. The summed E-state index contributed by atoms with van der Waals surface area (Å²) >= 11 is 3.52. The van der Waals surface area contributed by atoms with Gasteiger partial charge >= 0.3 is 0 Å². The van der Waals surface area contributed by atoms with E-state index in [2.05, 4.69) is 36.4 Å². The SMILES string of the molecule is COc1ccc(Br)cc1CN1CCn2ccnc2C1. The quantitative estimate of drug-likeness (QED) is 0.870. The van der Waals surface area contributed by atoms with Crippen molar-refractivity contribution in [3.05, 3.63) is 46.5 Å². The van der Waals surface area contributed by atoms with Crippen molar-refractivity contribution in [1.29, 1.82) is 0 Å². The highest BCUT2D eigenvalue weighted by Gasteiger charge is 2.18. The van der Waals surface area contributed by atoms with Gasteiger partial charge in [-0.15, -0.1) is 0 Å². The molecule has 0 radical (unpaired) electrons. The lowest BCUT2D eigenvalue weighted by atomic mass is 10.1. The maximum atomic E-state index is 5.43. The zero-order valence-electron chi connectivity index (χ0n) is 10.8. The van der Waals surface area contributed by atoms with E-state index >= 15 is 0 Å². The first-order valence-corrected chi connectivity index (χ1v) is 7.10. The molecule has 1 aromatic carbocycles. The van der Waals surface area contributed by atoms with E-state index in [4.69, 9.17) is 4.74 Å². The molecule has 0 bridgehead atoms. The lowest BCUT2D eigenvalue weighted by molar-refractivity contribution is 0.206. The van der Waals surface area contributed by atoms with Crippen LogP contribution < -0.4 is 4.74 Å². The van der Waals surface area contributed by atoms with Crippen LogP contribution in [-0.4, -0.2) is 28.1 Å². The van der Waals surface area contributed by atoms with E-state index < -0.39 is 0 Å². The molecule has 0 amide bonds. The molecule has 2 aromatic rings. The van der Waals surface area contributed by atoms with Crippen molar-refractivity contribution in [2.75, 3.05) is 13.7 Å². The highest BCUT2D eigenvalue weighted by molar-refractivity contribution is 9.10. The Morgan fingerprint density at radius 1 is 1.37 bits per heavy atom. The molecule has 100 valence electrons. The number of ether oxygens (including phenoxy) is 1. The number of fused-ring (bicyclic) bond motifs is 1. The minimum atomic E-state index is 0.884. The second-order valence-electron chi connectivity index (χ2n) is 4.70. The third-order valence-electron chi connectivity index (χ3n) is 3.46. The largest absolute Gasteiger partial charge is 0.496 e. The predicted octanol–water partition coefficient (Wildman–Crippen LogP) is 2.67. The van der Waals surface area contributed by atoms with Crippen LogP contribution >= 0.6 is 15.9 Å². The van der Waals surface area contributed by atoms with Crippen LogP contribution in [0, 0.1) is 0 Å². The Morgan fingerprint density at radius 2 is 2.26 bits per heavy atom. The van der Waals surface area contributed by atoms with Crippen LogP contribution in [0.1, 0.15) is 11.4 Å². The van der Waals surface area contributed by atoms with Gasteiger partial charge in [0.1, 0.15) is 11.6 Å². The Morgan fingerprint density at radius 3 is 3.11 bits per heavy atom. The van der Waals surface area contributed by atoms with Crippen LogP contribution in [-0.2, 0) is 19.6 Å². The minimum absolute atomic E-state index is 0.884. The summed E-state index contributed by atoms with van der Waals surface area (Å²) in [7, 11) is 1.72. The number of imidazole rings is 1. The average Bonchev–Trinajstić information content (AvgIpc) is 2.86. The molecule has 1 aliphatic rings. The summed E-state index contributed by atoms with van der Waals surface area (Å²) in [5.74, 6) is 2.08. The number of hydrogen-bond donors (Lipinski definition) is 0. The van der Waals surface area contributed by atoms with Gasteiger partial charge in [0.05, 0.1) is 13.7 Å². The van der Waals surface area contributed by atoms with E-state index in [1.165, 1.54) is 5.56 Å². The van der Waals surface area contributed by atoms with Crippen LogP contribution in [0.3, 0.4) is 0 Å². The van der Waals surface area contributed by atoms with Crippen molar-refractivity contribution in [3.63, 3.8) is 0 Å².